The fraction of sp³-hybridized carbons (Fsp3) is 0.186. The number of para-hydroxylation sites is 1. The molecular formula is C43H37ClF2N6O4S. The van der Waals surface area contributed by atoms with Crippen LogP contribution in [0.15, 0.2) is 104 Å². The lowest BCUT2D eigenvalue weighted by Gasteiger charge is -2.19. The van der Waals surface area contributed by atoms with E-state index in [2.05, 4.69) is 25.3 Å². The molecule has 0 radical (unpaired) electrons. The maximum atomic E-state index is 14.5. The van der Waals surface area contributed by atoms with Crippen LogP contribution in [0, 0.1) is 18.6 Å². The average Bonchev–Trinajstić information content (AvgIpc) is 3.59. The molecule has 0 aliphatic heterocycles. The summed E-state index contributed by atoms with van der Waals surface area (Å²) in [5.41, 5.74) is 4.37. The summed E-state index contributed by atoms with van der Waals surface area (Å²) in [6.45, 7) is 3.07. The molecule has 3 aromatic heterocycles. The number of thiophene rings is 1. The molecule has 14 heteroatoms. The highest BCUT2D eigenvalue weighted by Gasteiger charge is 2.27. The highest BCUT2D eigenvalue weighted by Crippen LogP contribution is 2.49. The molecule has 0 fully saturated rings. The smallest absolute Gasteiger partial charge is 0.326 e. The van der Waals surface area contributed by atoms with Gasteiger partial charge in [-0.1, -0.05) is 60.1 Å². The van der Waals surface area contributed by atoms with Crippen molar-refractivity contribution in [1.29, 1.82) is 0 Å². The van der Waals surface area contributed by atoms with Crippen LogP contribution in [-0.4, -0.2) is 69.2 Å². The maximum Gasteiger partial charge on any atom is 0.326 e. The second-order valence-corrected chi connectivity index (χ2v) is 14.8. The molecule has 2 N–H and O–H groups in total. The summed E-state index contributed by atoms with van der Waals surface area (Å²) in [5.74, 6) is -0.407. The van der Waals surface area contributed by atoms with Gasteiger partial charge in [0.1, 0.15) is 59.4 Å². The molecule has 57 heavy (non-hydrogen) atoms. The molecule has 3 heterocycles. The van der Waals surface area contributed by atoms with Crippen molar-refractivity contribution in [2.24, 2.45) is 0 Å². The first-order valence-electron chi connectivity index (χ1n) is 17.9. The van der Waals surface area contributed by atoms with Gasteiger partial charge in [-0.25, -0.2) is 33.5 Å². The Labute approximate surface area is 336 Å². The summed E-state index contributed by atoms with van der Waals surface area (Å²) in [6.07, 6.45) is 2.94. The molecule has 0 aliphatic carbocycles. The van der Waals surface area contributed by atoms with Crippen LogP contribution in [0.2, 0.25) is 5.02 Å². The number of hydrogen-bond acceptors (Lipinski definition) is 10. The van der Waals surface area contributed by atoms with Crippen molar-refractivity contribution >= 4 is 44.9 Å². The molecule has 7 aromatic rings. The van der Waals surface area contributed by atoms with Crippen LogP contribution < -0.4 is 14.8 Å². The molecule has 7 rings (SSSR count). The molecule has 10 nitrogen and oxygen atoms in total. The van der Waals surface area contributed by atoms with E-state index in [1.807, 2.05) is 38.1 Å². The molecule has 290 valence electrons. The van der Waals surface area contributed by atoms with Gasteiger partial charge in [-0.15, -0.1) is 11.3 Å². The minimum absolute atomic E-state index is 0.0232. The number of halogens is 3. The average molecular weight is 807 g/mol. The summed E-state index contributed by atoms with van der Waals surface area (Å²) in [7, 11) is 3.92. The van der Waals surface area contributed by atoms with E-state index in [1.165, 1.54) is 42.1 Å². The van der Waals surface area contributed by atoms with Crippen LogP contribution in [0.1, 0.15) is 16.8 Å². The number of aromatic nitrogens is 4. The Morgan fingerprint density at radius 1 is 0.912 bits per heavy atom. The first-order chi connectivity index (χ1) is 27.6. The Morgan fingerprint density at radius 2 is 1.68 bits per heavy atom. The molecular weight excluding hydrogens is 770 g/mol. The van der Waals surface area contributed by atoms with E-state index >= 15 is 0 Å². The van der Waals surface area contributed by atoms with Crippen molar-refractivity contribution in [3.05, 3.63) is 137 Å². The minimum atomic E-state index is -1.15. The maximum absolute atomic E-state index is 14.5. The number of carboxylic acid groups (broad SMARTS) is 1. The van der Waals surface area contributed by atoms with Crippen LogP contribution in [0.3, 0.4) is 0 Å². The van der Waals surface area contributed by atoms with Gasteiger partial charge in [0.05, 0.1) is 21.7 Å². The number of carbonyl (C=O) groups is 1. The quantitative estimate of drug-likeness (QED) is 0.104. The number of carboxylic acids is 1. The number of benzene rings is 4. The lowest BCUT2D eigenvalue weighted by atomic mass is 9.95. The van der Waals surface area contributed by atoms with E-state index in [9.17, 15) is 18.7 Å². The Morgan fingerprint density at radius 3 is 2.46 bits per heavy atom. The second kappa shape index (κ2) is 17.4. The van der Waals surface area contributed by atoms with Gasteiger partial charge < -0.3 is 24.8 Å². The van der Waals surface area contributed by atoms with Gasteiger partial charge in [0, 0.05) is 29.6 Å². The van der Waals surface area contributed by atoms with Gasteiger partial charge in [0.2, 0.25) is 0 Å². The molecule has 4 aromatic carbocycles. The van der Waals surface area contributed by atoms with E-state index in [-0.39, 0.29) is 30.2 Å². The SMILES string of the molecule is Cc1c(-c2c(-c3ccc(F)cc3)sc3ncnc(NC(Cc4ccccc4OCc4ccnc(-c5ccccc5F)n4)C(=O)O)c23)ccc(OCCN(C)C)c1Cl. The lowest BCUT2D eigenvalue weighted by molar-refractivity contribution is -0.137. The molecule has 0 saturated carbocycles. The normalized spacial score (nSPS) is 11.8. The third-order valence-corrected chi connectivity index (χ3v) is 10.8. The van der Waals surface area contributed by atoms with Gasteiger partial charge in [0.15, 0.2) is 5.82 Å². The van der Waals surface area contributed by atoms with E-state index in [0.29, 0.717) is 57.0 Å². The molecule has 0 amide bonds. The zero-order valence-electron chi connectivity index (χ0n) is 31.2. The Bertz CT molecular complexity index is 2550. The summed E-state index contributed by atoms with van der Waals surface area (Å²) < 4.78 is 40.7. The predicted molar refractivity (Wildman–Crippen MR) is 219 cm³/mol. The van der Waals surface area contributed by atoms with Crippen LogP contribution in [0.25, 0.3) is 43.2 Å². The van der Waals surface area contributed by atoms with Crippen molar-refractivity contribution in [3.63, 3.8) is 0 Å². The van der Waals surface area contributed by atoms with Crippen LogP contribution in [0.4, 0.5) is 14.6 Å². The summed E-state index contributed by atoms with van der Waals surface area (Å²) >= 11 is 8.32. The summed E-state index contributed by atoms with van der Waals surface area (Å²) in [5, 5.41) is 14.8. The number of anilines is 1. The summed E-state index contributed by atoms with van der Waals surface area (Å²) in [6, 6.07) is 23.8. The Balaban J connectivity index is 1.22. The van der Waals surface area contributed by atoms with Crippen molar-refractivity contribution in [3.8, 4) is 44.5 Å². The first kappa shape index (κ1) is 39.2. The van der Waals surface area contributed by atoms with Gasteiger partial charge in [0.25, 0.3) is 0 Å². The zero-order valence-corrected chi connectivity index (χ0v) is 32.7. The highest BCUT2D eigenvalue weighted by molar-refractivity contribution is 7.22. The number of ether oxygens (including phenoxy) is 2. The number of nitrogens with one attached hydrogen (secondary N) is 1. The number of aliphatic carboxylic acids is 1. The van der Waals surface area contributed by atoms with Crippen molar-refractivity contribution in [1.82, 2.24) is 24.8 Å². The fourth-order valence-corrected chi connectivity index (χ4v) is 7.67. The number of hydrogen-bond donors (Lipinski definition) is 2. The molecule has 0 aliphatic rings. The largest absolute Gasteiger partial charge is 0.491 e. The molecule has 0 bridgehead atoms. The van der Waals surface area contributed by atoms with Crippen molar-refractivity contribution in [2.45, 2.75) is 26.0 Å². The molecule has 1 unspecified atom stereocenters. The Hall–Kier alpha value is -6.02. The van der Waals surface area contributed by atoms with Gasteiger partial charge in [-0.05, 0) is 85.7 Å². The monoisotopic (exact) mass is 806 g/mol. The molecule has 0 saturated heterocycles. The van der Waals surface area contributed by atoms with Crippen LogP contribution in [0.5, 0.6) is 11.5 Å². The third-order valence-electron chi connectivity index (χ3n) is 9.22. The minimum Gasteiger partial charge on any atom is -0.491 e. The van der Waals surface area contributed by atoms with E-state index in [1.54, 1.807) is 60.7 Å². The number of nitrogens with zero attached hydrogens (tertiary/aromatic N) is 5. The van der Waals surface area contributed by atoms with E-state index in [0.717, 1.165) is 27.1 Å². The van der Waals surface area contributed by atoms with E-state index in [4.69, 9.17) is 21.1 Å². The zero-order chi connectivity index (χ0) is 40.1. The van der Waals surface area contributed by atoms with Gasteiger partial charge in [-0.3, -0.25) is 0 Å². The second-order valence-electron chi connectivity index (χ2n) is 13.4. The van der Waals surface area contributed by atoms with Gasteiger partial charge >= 0.3 is 5.97 Å². The highest BCUT2D eigenvalue weighted by atomic mass is 35.5. The Kier molecular flexibility index (Phi) is 12.0. The van der Waals surface area contributed by atoms with Crippen molar-refractivity contribution < 1.29 is 28.2 Å². The number of rotatable bonds is 15. The molecule has 0 spiro atoms. The van der Waals surface area contributed by atoms with Crippen LogP contribution >= 0.6 is 22.9 Å². The first-order valence-corrected chi connectivity index (χ1v) is 19.1. The molecule has 1 atom stereocenters. The number of likely N-dealkylation sites (N-methyl/N-ethyl adjacent to an activating group) is 1. The van der Waals surface area contributed by atoms with Gasteiger partial charge in [-0.2, -0.15) is 0 Å². The predicted octanol–water partition coefficient (Wildman–Crippen LogP) is 9.35. The third kappa shape index (κ3) is 8.86. The van der Waals surface area contributed by atoms with Crippen molar-refractivity contribution in [2.75, 3.05) is 32.6 Å². The lowest BCUT2D eigenvalue weighted by Crippen LogP contribution is -2.32. The summed E-state index contributed by atoms with van der Waals surface area (Å²) in [4.78, 5) is 34.2. The van der Waals surface area contributed by atoms with Crippen LogP contribution in [-0.2, 0) is 17.8 Å². The topological polar surface area (TPSA) is 123 Å². The number of fused-ring (bicyclic) bond motifs is 1. The fourth-order valence-electron chi connectivity index (χ4n) is 6.28. The van der Waals surface area contributed by atoms with E-state index < -0.39 is 17.8 Å². The standard InChI is InChI=1S/C43H37ClF2N6O4S/c1-25-30(16-17-35(38(25)44)55-21-20-52(2)3)36-37-41(48-24-49-42(37)57-39(36)26-12-14-28(45)15-13-26)51-33(43(53)54)22-27-8-4-7-11-34(27)56-23-29-18-19-47-40(50-29)31-9-5-6-10-32(31)46/h4-19,24,33H,20-23H2,1-3H3,(H,53,54)(H,48,49,51).